The molecule has 1 heterocycles. The molecule has 0 aliphatic rings. The van der Waals surface area contributed by atoms with Crippen LogP contribution in [0.25, 0.3) is 43.8 Å². The van der Waals surface area contributed by atoms with Gasteiger partial charge in [-0.2, -0.15) is 0 Å². The lowest BCUT2D eigenvalue weighted by molar-refractivity contribution is 0.670. The number of benzene rings is 5. The Labute approximate surface area is 174 Å². The Hall–Kier alpha value is -4.04. The molecule has 0 saturated carbocycles. The van der Waals surface area contributed by atoms with Crippen molar-refractivity contribution in [3.05, 3.63) is 109 Å². The number of anilines is 2. The van der Waals surface area contributed by atoms with Crippen LogP contribution >= 0.6 is 0 Å². The average Bonchev–Trinajstić information content (AvgIpc) is 3.19. The first-order valence-electron chi connectivity index (χ1n) is 10.1. The minimum Gasteiger partial charge on any atom is -0.454 e. The summed E-state index contributed by atoms with van der Waals surface area (Å²) in [5.41, 5.74) is 6.17. The van der Waals surface area contributed by atoms with Crippen molar-refractivity contribution >= 4 is 44.1 Å². The third-order valence-corrected chi connectivity index (χ3v) is 5.66. The second kappa shape index (κ2) is 6.78. The minimum absolute atomic E-state index is 0.881. The molecule has 1 N–H and O–H groups in total. The SMILES string of the molecule is c1ccc(-c2ccc3ccccc3c2)c(Nc2cccc3c2oc2ccccc23)c1. The number of nitrogens with one attached hydrogen (secondary N) is 1. The fourth-order valence-electron chi connectivity index (χ4n) is 4.19. The first-order valence-corrected chi connectivity index (χ1v) is 10.1. The van der Waals surface area contributed by atoms with E-state index in [-0.39, 0.29) is 0 Å². The molecular formula is C28H19NO. The van der Waals surface area contributed by atoms with Gasteiger partial charge >= 0.3 is 0 Å². The number of para-hydroxylation sites is 3. The number of hydrogen-bond donors (Lipinski definition) is 1. The van der Waals surface area contributed by atoms with Gasteiger partial charge in [0.05, 0.1) is 5.69 Å². The van der Waals surface area contributed by atoms with Crippen molar-refractivity contribution in [2.75, 3.05) is 5.32 Å². The Kier molecular flexibility index (Phi) is 3.82. The quantitative estimate of drug-likeness (QED) is 0.332. The van der Waals surface area contributed by atoms with E-state index in [0.717, 1.165) is 38.9 Å². The average molecular weight is 385 g/mol. The number of fused-ring (bicyclic) bond motifs is 4. The van der Waals surface area contributed by atoms with Crippen LogP contribution in [0.3, 0.4) is 0 Å². The summed E-state index contributed by atoms with van der Waals surface area (Å²) in [6.07, 6.45) is 0. The molecule has 0 radical (unpaired) electrons. The number of hydrogen-bond acceptors (Lipinski definition) is 2. The van der Waals surface area contributed by atoms with Crippen LogP contribution in [-0.4, -0.2) is 0 Å². The van der Waals surface area contributed by atoms with E-state index in [1.165, 1.54) is 16.3 Å². The van der Waals surface area contributed by atoms with Gasteiger partial charge in [0.2, 0.25) is 0 Å². The standard InChI is InChI=1S/C28H19NO/c1-2-9-20-18-21(17-16-19(20)8-1)22-10-3-5-13-25(22)29-26-14-7-12-24-23-11-4-6-15-27(23)30-28(24)26/h1-18,29H. The zero-order chi connectivity index (χ0) is 19.9. The van der Waals surface area contributed by atoms with E-state index in [4.69, 9.17) is 4.42 Å². The molecule has 2 heteroatoms. The highest BCUT2D eigenvalue weighted by Crippen LogP contribution is 2.37. The summed E-state index contributed by atoms with van der Waals surface area (Å²) in [7, 11) is 0. The van der Waals surface area contributed by atoms with Crippen molar-refractivity contribution in [1.29, 1.82) is 0 Å². The number of furan rings is 1. The molecule has 142 valence electrons. The zero-order valence-electron chi connectivity index (χ0n) is 16.3. The van der Waals surface area contributed by atoms with Crippen LogP contribution in [0, 0.1) is 0 Å². The van der Waals surface area contributed by atoms with Gasteiger partial charge in [0.25, 0.3) is 0 Å². The largest absolute Gasteiger partial charge is 0.454 e. The molecule has 6 aromatic rings. The second-order valence-electron chi connectivity index (χ2n) is 7.51. The van der Waals surface area contributed by atoms with Gasteiger partial charge in [-0.25, -0.2) is 0 Å². The third kappa shape index (κ3) is 2.73. The predicted octanol–water partition coefficient (Wildman–Crippen LogP) is 8.15. The van der Waals surface area contributed by atoms with Crippen molar-refractivity contribution in [3.8, 4) is 11.1 Å². The molecule has 0 spiro atoms. The van der Waals surface area contributed by atoms with Crippen molar-refractivity contribution in [3.63, 3.8) is 0 Å². The van der Waals surface area contributed by atoms with Crippen LogP contribution in [0.2, 0.25) is 0 Å². The molecule has 0 aliphatic carbocycles. The highest BCUT2D eigenvalue weighted by atomic mass is 16.3. The Morgan fingerprint density at radius 2 is 1.27 bits per heavy atom. The summed E-state index contributed by atoms with van der Waals surface area (Å²) in [5, 5.41) is 8.38. The van der Waals surface area contributed by atoms with E-state index in [9.17, 15) is 0 Å². The van der Waals surface area contributed by atoms with Gasteiger partial charge in [-0.3, -0.25) is 0 Å². The van der Waals surface area contributed by atoms with Gasteiger partial charge in [0.15, 0.2) is 5.58 Å². The lowest BCUT2D eigenvalue weighted by Gasteiger charge is -2.13. The van der Waals surface area contributed by atoms with Gasteiger partial charge in [-0.05, 0) is 40.6 Å². The second-order valence-corrected chi connectivity index (χ2v) is 7.51. The van der Waals surface area contributed by atoms with E-state index < -0.39 is 0 Å². The summed E-state index contributed by atoms with van der Waals surface area (Å²) in [6, 6.07) is 37.9. The highest BCUT2D eigenvalue weighted by molar-refractivity contribution is 6.09. The monoisotopic (exact) mass is 385 g/mol. The normalized spacial score (nSPS) is 11.3. The summed E-state index contributed by atoms with van der Waals surface area (Å²) >= 11 is 0. The van der Waals surface area contributed by atoms with Gasteiger partial charge < -0.3 is 9.73 Å². The lowest BCUT2D eigenvalue weighted by Crippen LogP contribution is -1.93. The van der Waals surface area contributed by atoms with E-state index in [1.807, 2.05) is 18.2 Å². The molecule has 30 heavy (non-hydrogen) atoms. The minimum atomic E-state index is 0.881. The first kappa shape index (κ1) is 16.9. The van der Waals surface area contributed by atoms with Crippen LogP contribution < -0.4 is 5.32 Å². The maximum atomic E-state index is 6.20. The van der Waals surface area contributed by atoms with E-state index in [2.05, 4.69) is 96.3 Å². The molecule has 0 fully saturated rings. The van der Waals surface area contributed by atoms with Gasteiger partial charge in [-0.15, -0.1) is 0 Å². The molecule has 1 aromatic heterocycles. The smallest absolute Gasteiger partial charge is 0.158 e. The summed E-state index contributed by atoms with van der Waals surface area (Å²) < 4.78 is 6.20. The van der Waals surface area contributed by atoms with Gasteiger partial charge in [0, 0.05) is 22.0 Å². The first-order chi connectivity index (χ1) is 14.9. The Balaban J connectivity index is 1.48. The third-order valence-electron chi connectivity index (χ3n) is 5.66. The molecule has 0 aliphatic heterocycles. The van der Waals surface area contributed by atoms with Crippen LogP contribution in [0.1, 0.15) is 0 Å². The van der Waals surface area contributed by atoms with Crippen molar-refractivity contribution in [1.82, 2.24) is 0 Å². The fraction of sp³-hybridized carbons (Fsp3) is 0. The molecule has 0 unspecified atom stereocenters. The molecule has 0 amide bonds. The molecule has 6 rings (SSSR count). The van der Waals surface area contributed by atoms with E-state index >= 15 is 0 Å². The van der Waals surface area contributed by atoms with Crippen molar-refractivity contribution in [2.45, 2.75) is 0 Å². The molecule has 5 aromatic carbocycles. The van der Waals surface area contributed by atoms with E-state index in [0.29, 0.717) is 0 Å². The van der Waals surface area contributed by atoms with E-state index in [1.54, 1.807) is 0 Å². The number of rotatable bonds is 3. The molecule has 0 atom stereocenters. The highest BCUT2D eigenvalue weighted by Gasteiger charge is 2.12. The molecule has 2 nitrogen and oxygen atoms in total. The zero-order valence-corrected chi connectivity index (χ0v) is 16.3. The Morgan fingerprint density at radius 1 is 0.533 bits per heavy atom. The predicted molar refractivity (Wildman–Crippen MR) is 126 cm³/mol. The van der Waals surface area contributed by atoms with Crippen molar-refractivity contribution < 1.29 is 4.42 Å². The molecular weight excluding hydrogens is 366 g/mol. The van der Waals surface area contributed by atoms with Crippen LogP contribution in [0.15, 0.2) is 114 Å². The molecule has 0 bridgehead atoms. The summed E-state index contributed by atoms with van der Waals surface area (Å²) in [5.74, 6) is 0. The Morgan fingerprint density at radius 3 is 2.23 bits per heavy atom. The summed E-state index contributed by atoms with van der Waals surface area (Å²) in [4.78, 5) is 0. The maximum Gasteiger partial charge on any atom is 0.158 e. The van der Waals surface area contributed by atoms with Crippen LogP contribution in [-0.2, 0) is 0 Å². The van der Waals surface area contributed by atoms with Crippen LogP contribution in [0.4, 0.5) is 11.4 Å². The lowest BCUT2D eigenvalue weighted by atomic mass is 9.99. The van der Waals surface area contributed by atoms with Crippen molar-refractivity contribution in [2.24, 2.45) is 0 Å². The van der Waals surface area contributed by atoms with Crippen LogP contribution in [0.5, 0.6) is 0 Å². The van der Waals surface area contributed by atoms with Gasteiger partial charge in [-0.1, -0.05) is 84.9 Å². The fourth-order valence-corrected chi connectivity index (χ4v) is 4.19. The topological polar surface area (TPSA) is 25.2 Å². The van der Waals surface area contributed by atoms with Gasteiger partial charge in [0.1, 0.15) is 5.58 Å². The summed E-state index contributed by atoms with van der Waals surface area (Å²) in [6.45, 7) is 0. The Bertz CT molecular complexity index is 1530. The molecule has 0 saturated heterocycles. The maximum absolute atomic E-state index is 6.20.